The molecular formula is C14H25BrN4O. The summed E-state index contributed by atoms with van der Waals surface area (Å²) < 4.78 is 0.762. The molecule has 5 nitrogen and oxygen atoms in total. The van der Waals surface area contributed by atoms with Crippen LogP contribution in [0.4, 0.5) is 0 Å². The molecule has 0 spiro atoms. The van der Waals surface area contributed by atoms with E-state index in [-0.39, 0.29) is 17.9 Å². The van der Waals surface area contributed by atoms with Gasteiger partial charge in [-0.25, -0.2) is 0 Å². The fourth-order valence-corrected chi connectivity index (χ4v) is 2.63. The highest BCUT2D eigenvalue weighted by Crippen LogP contribution is 2.26. The molecule has 0 bridgehead atoms. The molecule has 1 unspecified atom stereocenters. The van der Waals surface area contributed by atoms with Crippen molar-refractivity contribution in [2.24, 2.45) is 11.7 Å². The van der Waals surface area contributed by atoms with Gasteiger partial charge >= 0.3 is 0 Å². The number of aromatic nitrogens is 2. The molecule has 1 aromatic rings. The van der Waals surface area contributed by atoms with Gasteiger partial charge in [-0.05, 0) is 34.2 Å². The summed E-state index contributed by atoms with van der Waals surface area (Å²) in [6.07, 6.45) is 0.791. The van der Waals surface area contributed by atoms with Crippen LogP contribution >= 0.6 is 15.9 Å². The Morgan fingerprint density at radius 1 is 1.40 bits per heavy atom. The molecule has 0 saturated heterocycles. The average molecular weight is 345 g/mol. The van der Waals surface area contributed by atoms with E-state index < -0.39 is 0 Å². The number of hydrogen-bond donors (Lipinski definition) is 2. The van der Waals surface area contributed by atoms with Gasteiger partial charge in [0.1, 0.15) is 0 Å². The summed E-state index contributed by atoms with van der Waals surface area (Å²) in [6.45, 7) is 8.92. The molecule has 0 aliphatic carbocycles. The van der Waals surface area contributed by atoms with Gasteiger partial charge in [-0.15, -0.1) is 0 Å². The third-order valence-electron chi connectivity index (χ3n) is 3.51. The van der Waals surface area contributed by atoms with E-state index in [4.69, 9.17) is 5.73 Å². The molecule has 20 heavy (non-hydrogen) atoms. The van der Waals surface area contributed by atoms with Crippen LogP contribution in [0.15, 0.2) is 4.47 Å². The number of nitrogens with one attached hydrogen (secondary N) is 1. The fraction of sp³-hybridized carbons (Fsp3) is 0.714. The van der Waals surface area contributed by atoms with Crippen molar-refractivity contribution in [1.29, 1.82) is 0 Å². The second kappa shape index (κ2) is 7.22. The lowest BCUT2D eigenvalue weighted by atomic mass is 10.0. The van der Waals surface area contributed by atoms with Crippen molar-refractivity contribution in [2.45, 2.75) is 46.1 Å². The molecule has 1 aromatic heterocycles. The molecule has 1 atom stereocenters. The summed E-state index contributed by atoms with van der Waals surface area (Å²) >= 11 is 3.46. The number of hydrogen-bond acceptors (Lipinski definition) is 3. The summed E-state index contributed by atoms with van der Waals surface area (Å²) in [7, 11) is 1.78. The second-order valence-corrected chi connectivity index (χ2v) is 6.67. The highest BCUT2D eigenvalue weighted by atomic mass is 79.9. The first kappa shape index (κ1) is 17.2. The Hall–Kier alpha value is -0.880. The zero-order chi connectivity index (χ0) is 15.4. The Morgan fingerprint density at radius 2 is 2.00 bits per heavy atom. The number of carbonyl (C=O) groups is 1. The van der Waals surface area contributed by atoms with Crippen molar-refractivity contribution in [3.63, 3.8) is 0 Å². The van der Waals surface area contributed by atoms with Gasteiger partial charge in [0, 0.05) is 19.6 Å². The molecule has 0 radical (unpaired) electrons. The van der Waals surface area contributed by atoms with Gasteiger partial charge < -0.3 is 10.6 Å². The third-order valence-corrected chi connectivity index (χ3v) is 4.32. The summed E-state index contributed by atoms with van der Waals surface area (Å²) in [4.78, 5) is 14.0. The van der Waals surface area contributed by atoms with Crippen LogP contribution in [0, 0.1) is 5.92 Å². The van der Waals surface area contributed by atoms with Crippen LogP contribution in [-0.4, -0.2) is 40.6 Å². The van der Waals surface area contributed by atoms with Gasteiger partial charge in [0.25, 0.3) is 5.91 Å². The highest BCUT2D eigenvalue weighted by molar-refractivity contribution is 9.10. The van der Waals surface area contributed by atoms with Crippen molar-refractivity contribution in [3.05, 3.63) is 15.9 Å². The van der Waals surface area contributed by atoms with Gasteiger partial charge in [0.05, 0.1) is 10.2 Å². The van der Waals surface area contributed by atoms with E-state index in [9.17, 15) is 4.79 Å². The minimum Gasteiger partial charge on any atom is -0.340 e. The average Bonchev–Trinajstić information content (AvgIpc) is 2.76. The molecule has 0 aliphatic rings. The van der Waals surface area contributed by atoms with E-state index in [1.54, 1.807) is 11.9 Å². The van der Waals surface area contributed by atoms with Gasteiger partial charge in [0.15, 0.2) is 5.69 Å². The van der Waals surface area contributed by atoms with E-state index in [0.717, 1.165) is 16.6 Å². The fourth-order valence-electron chi connectivity index (χ4n) is 1.82. The van der Waals surface area contributed by atoms with Gasteiger partial charge in [-0.1, -0.05) is 27.7 Å². The van der Waals surface area contributed by atoms with Gasteiger partial charge in [-0.3, -0.25) is 9.89 Å². The van der Waals surface area contributed by atoms with Crippen molar-refractivity contribution in [3.8, 4) is 0 Å². The Labute approximate surface area is 129 Å². The first-order chi connectivity index (χ1) is 9.25. The lowest BCUT2D eigenvalue weighted by Gasteiger charge is -2.21. The highest BCUT2D eigenvalue weighted by Gasteiger charge is 2.22. The van der Waals surface area contributed by atoms with Crippen LogP contribution in [0.25, 0.3) is 0 Å². The minimum atomic E-state index is -0.0871. The Morgan fingerprint density at radius 3 is 2.45 bits per heavy atom. The molecule has 6 heteroatoms. The smallest absolute Gasteiger partial charge is 0.275 e. The summed E-state index contributed by atoms with van der Waals surface area (Å²) in [5.74, 6) is 0.622. The van der Waals surface area contributed by atoms with Crippen LogP contribution in [0.3, 0.4) is 0 Å². The quantitative estimate of drug-likeness (QED) is 0.832. The zero-order valence-corrected chi connectivity index (χ0v) is 14.5. The molecule has 0 saturated carbocycles. The largest absolute Gasteiger partial charge is 0.340 e. The number of H-pyrrole nitrogens is 1. The van der Waals surface area contributed by atoms with E-state index >= 15 is 0 Å². The maximum Gasteiger partial charge on any atom is 0.275 e. The molecule has 0 aliphatic heterocycles. The van der Waals surface area contributed by atoms with Crippen molar-refractivity contribution in [1.82, 2.24) is 15.1 Å². The Kier molecular flexibility index (Phi) is 6.20. The molecule has 1 amide bonds. The number of rotatable bonds is 6. The molecule has 1 rings (SSSR count). The second-order valence-electron chi connectivity index (χ2n) is 5.88. The van der Waals surface area contributed by atoms with Crippen LogP contribution in [0.1, 0.15) is 56.2 Å². The normalized spacial score (nSPS) is 13.1. The molecule has 1 heterocycles. The van der Waals surface area contributed by atoms with Crippen LogP contribution in [0.5, 0.6) is 0 Å². The standard InChI is InChI=1S/C14H25BrN4O/c1-8(2)10(16)6-7-19(5)14(20)13-11(15)12(9(3)4)17-18-13/h8-10H,6-7,16H2,1-5H3,(H,17,18). The van der Waals surface area contributed by atoms with E-state index in [1.807, 2.05) is 0 Å². The van der Waals surface area contributed by atoms with E-state index in [1.165, 1.54) is 0 Å². The van der Waals surface area contributed by atoms with E-state index in [2.05, 4.69) is 53.8 Å². The minimum absolute atomic E-state index is 0.0871. The van der Waals surface area contributed by atoms with Crippen LogP contribution in [0.2, 0.25) is 0 Å². The van der Waals surface area contributed by atoms with Crippen molar-refractivity contribution < 1.29 is 4.79 Å². The van der Waals surface area contributed by atoms with Gasteiger partial charge in [-0.2, -0.15) is 5.10 Å². The predicted octanol–water partition coefficient (Wildman–Crippen LogP) is 2.74. The number of nitrogens with zero attached hydrogens (tertiary/aromatic N) is 2. The lowest BCUT2D eigenvalue weighted by molar-refractivity contribution is 0.0782. The maximum atomic E-state index is 12.4. The van der Waals surface area contributed by atoms with Crippen molar-refractivity contribution in [2.75, 3.05) is 13.6 Å². The van der Waals surface area contributed by atoms with Crippen LogP contribution < -0.4 is 5.73 Å². The first-order valence-electron chi connectivity index (χ1n) is 7.00. The monoisotopic (exact) mass is 344 g/mol. The number of carbonyl (C=O) groups excluding carboxylic acids is 1. The molecule has 0 aromatic carbocycles. The molecule has 0 fully saturated rings. The maximum absolute atomic E-state index is 12.4. The number of nitrogens with two attached hydrogens (primary N) is 1. The Bertz CT molecular complexity index is 456. The van der Waals surface area contributed by atoms with Gasteiger partial charge in [0.2, 0.25) is 0 Å². The number of amides is 1. The topological polar surface area (TPSA) is 75.0 Å². The third kappa shape index (κ3) is 4.06. The lowest BCUT2D eigenvalue weighted by Crippen LogP contribution is -2.34. The summed E-state index contributed by atoms with van der Waals surface area (Å²) in [5, 5.41) is 7.05. The Balaban J connectivity index is 2.70. The molecule has 3 N–H and O–H groups in total. The SMILES string of the molecule is CC(C)c1[nH]nc(C(=O)N(C)CCC(N)C(C)C)c1Br. The number of halogens is 1. The number of aromatic amines is 1. The predicted molar refractivity (Wildman–Crippen MR) is 84.8 cm³/mol. The summed E-state index contributed by atoms with van der Waals surface area (Å²) in [5.41, 5.74) is 7.39. The first-order valence-corrected chi connectivity index (χ1v) is 7.79. The van der Waals surface area contributed by atoms with E-state index in [0.29, 0.717) is 18.2 Å². The van der Waals surface area contributed by atoms with Crippen molar-refractivity contribution >= 4 is 21.8 Å². The molecule has 114 valence electrons. The summed E-state index contributed by atoms with van der Waals surface area (Å²) in [6, 6.07) is 0.110. The van der Waals surface area contributed by atoms with Crippen LogP contribution in [-0.2, 0) is 0 Å². The molecular weight excluding hydrogens is 320 g/mol. The zero-order valence-electron chi connectivity index (χ0n) is 12.9.